The second-order valence-corrected chi connectivity index (χ2v) is 7.85. The standard InChI is InChI=1S/C25H17FN2O5S/c26-17-10-15(22-16(11-17)13-31-14-32-22)12-21-23(29)27-25(34)28(24(21)30)18-6-8-20(9-7-18)33-19-4-2-1-3-5-19/h1-12H,13-14H2,(H,27,29,34). The van der Waals surface area contributed by atoms with Crippen molar-refractivity contribution in [3.63, 3.8) is 0 Å². The quantitative estimate of drug-likeness (QED) is 0.344. The van der Waals surface area contributed by atoms with Gasteiger partial charge in [0, 0.05) is 11.1 Å². The highest BCUT2D eigenvalue weighted by molar-refractivity contribution is 7.80. The van der Waals surface area contributed by atoms with Gasteiger partial charge in [0.2, 0.25) is 0 Å². The summed E-state index contributed by atoms with van der Waals surface area (Å²) in [5.74, 6) is -0.261. The van der Waals surface area contributed by atoms with Gasteiger partial charge < -0.3 is 14.2 Å². The second kappa shape index (κ2) is 9.05. The summed E-state index contributed by atoms with van der Waals surface area (Å²) in [6, 6.07) is 18.4. The van der Waals surface area contributed by atoms with Crippen molar-refractivity contribution in [3.05, 3.63) is 89.2 Å². The second-order valence-electron chi connectivity index (χ2n) is 7.46. The number of anilines is 1. The number of halogens is 1. The highest BCUT2D eigenvalue weighted by Gasteiger charge is 2.35. The molecule has 0 aromatic heterocycles. The molecule has 0 saturated carbocycles. The summed E-state index contributed by atoms with van der Waals surface area (Å²) in [4.78, 5) is 27.1. The maximum absolute atomic E-state index is 14.1. The van der Waals surface area contributed by atoms with Crippen molar-refractivity contribution in [2.24, 2.45) is 0 Å². The van der Waals surface area contributed by atoms with Crippen LogP contribution < -0.4 is 19.7 Å². The predicted molar refractivity (Wildman–Crippen MR) is 126 cm³/mol. The number of amides is 2. The zero-order chi connectivity index (χ0) is 23.7. The third kappa shape index (κ3) is 4.26. The molecule has 2 aliphatic rings. The molecule has 3 aromatic rings. The Balaban J connectivity index is 1.45. The van der Waals surface area contributed by atoms with E-state index in [-0.39, 0.29) is 29.6 Å². The lowest BCUT2D eigenvalue weighted by molar-refractivity contribution is -0.122. The Bertz CT molecular complexity index is 1330. The smallest absolute Gasteiger partial charge is 0.270 e. The van der Waals surface area contributed by atoms with Crippen molar-refractivity contribution >= 4 is 40.9 Å². The van der Waals surface area contributed by atoms with Gasteiger partial charge in [0.25, 0.3) is 11.8 Å². The normalized spacial score (nSPS) is 16.7. The predicted octanol–water partition coefficient (Wildman–Crippen LogP) is 4.32. The third-order valence-electron chi connectivity index (χ3n) is 5.18. The molecule has 34 heavy (non-hydrogen) atoms. The molecule has 0 unspecified atom stereocenters. The Kier molecular flexibility index (Phi) is 5.79. The lowest BCUT2D eigenvalue weighted by atomic mass is 10.0. The molecule has 2 aliphatic heterocycles. The molecule has 0 radical (unpaired) electrons. The number of carbonyl (C=O) groups is 2. The first-order valence-electron chi connectivity index (χ1n) is 10.3. The highest BCUT2D eigenvalue weighted by Crippen LogP contribution is 2.32. The molecule has 9 heteroatoms. The van der Waals surface area contributed by atoms with Crippen molar-refractivity contribution < 1.29 is 28.2 Å². The molecule has 2 heterocycles. The van der Waals surface area contributed by atoms with E-state index in [2.05, 4.69) is 5.32 Å². The molecule has 0 atom stereocenters. The van der Waals surface area contributed by atoms with Crippen LogP contribution in [0.2, 0.25) is 0 Å². The van der Waals surface area contributed by atoms with Crippen LogP contribution in [0, 0.1) is 5.82 Å². The number of nitrogens with zero attached hydrogens (tertiary/aromatic N) is 1. The number of nitrogens with one attached hydrogen (secondary N) is 1. The average molecular weight is 476 g/mol. The summed E-state index contributed by atoms with van der Waals surface area (Å²) in [6.07, 6.45) is 1.30. The molecular weight excluding hydrogens is 459 g/mol. The topological polar surface area (TPSA) is 77.1 Å². The molecule has 1 fully saturated rings. The first kappa shape index (κ1) is 21.7. The maximum atomic E-state index is 14.1. The number of para-hydroxylation sites is 1. The Labute approximate surface area is 199 Å². The van der Waals surface area contributed by atoms with E-state index in [0.29, 0.717) is 28.5 Å². The largest absolute Gasteiger partial charge is 0.467 e. The Morgan fingerprint density at radius 2 is 1.76 bits per heavy atom. The summed E-state index contributed by atoms with van der Waals surface area (Å²) in [5, 5.41) is 2.46. The van der Waals surface area contributed by atoms with E-state index in [1.54, 1.807) is 24.3 Å². The lowest BCUT2D eigenvalue weighted by Crippen LogP contribution is -2.54. The summed E-state index contributed by atoms with van der Waals surface area (Å²) < 4.78 is 30.6. The van der Waals surface area contributed by atoms with E-state index in [9.17, 15) is 14.0 Å². The van der Waals surface area contributed by atoms with Crippen molar-refractivity contribution in [3.8, 4) is 17.2 Å². The molecule has 0 bridgehead atoms. The number of thiocarbonyl (C=S) groups is 1. The maximum Gasteiger partial charge on any atom is 0.270 e. The number of hydrogen-bond acceptors (Lipinski definition) is 6. The number of ether oxygens (including phenoxy) is 3. The fourth-order valence-electron chi connectivity index (χ4n) is 3.65. The van der Waals surface area contributed by atoms with E-state index in [0.717, 1.165) is 0 Å². The number of benzene rings is 3. The SMILES string of the molecule is O=C1NC(=S)N(c2ccc(Oc3ccccc3)cc2)C(=O)C1=Cc1cc(F)cc2c1OCOC2. The molecule has 3 aromatic carbocycles. The number of carbonyl (C=O) groups excluding carboxylic acids is 2. The monoisotopic (exact) mass is 476 g/mol. The molecule has 0 spiro atoms. The van der Waals surface area contributed by atoms with Crippen LogP contribution in [-0.4, -0.2) is 23.7 Å². The van der Waals surface area contributed by atoms with Gasteiger partial charge >= 0.3 is 0 Å². The van der Waals surface area contributed by atoms with Crippen LogP contribution in [-0.2, 0) is 20.9 Å². The van der Waals surface area contributed by atoms with Gasteiger partial charge in [-0.15, -0.1) is 0 Å². The number of hydrogen-bond donors (Lipinski definition) is 1. The molecule has 0 aliphatic carbocycles. The summed E-state index contributed by atoms with van der Waals surface area (Å²) in [5.41, 5.74) is 0.979. The van der Waals surface area contributed by atoms with Gasteiger partial charge in [-0.3, -0.25) is 19.8 Å². The van der Waals surface area contributed by atoms with Gasteiger partial charge in [0.15, 0.2) is 11.9 Å². The fourth-order valence-corrected chi connectivity index (χ4v) is 3.93. The van der Waals surface area contributed by atoms with Crippen molar-refractivity contribution in [1.29, 1.82) is 0 Å². The zero-order valence-electron chi connectivity index (χ0n) is 17.6. The van der Waals surface area contributed by atoms with Gasteiger partial charge in [-0.05, 0) is 66.8 Å². The molecule has 1 N–H and O–H groups in total. The van der Waals surface area contributed by atoms with Crippen LogP contribution in [0.3, 0.4) is 0 Å². The first-order chi connectivity index (χ1) is 16.5. The van der Waals surface area contributed by atoms with Crippen molar-refractivity contribution in [1.82, 2.24) is 5.32 Å². The van der Waals surface area contributed by atoms with Crippen LogP contribution in [0.5, 0.6) is 17.2 Å². The highest BCUT2D eigenvalue weighted by atomic mass is 32.1. The van der Waals surface area contributed by atoms with E-state index < -0.39 is 17.6 Å². The zero-order valence-corrected chi connectivity index (χ0v) is 18.4. The van der Waals surface area contributed by atoms with Crippen molar-refractivity contribution in [2.75, 3.05) is 11.7 Å². The van der Waals surface area contributed by atoms with Crippen LogP contribution in [0.4, 0.5) is 10.1 Å². The van der Waals surface area contributed by atoms with Crippen LogP contribution in [0.25, 0.3) is 6.08 Å². The molecule has 1 saturated heterocycles. The van der Waals surface area contributed by atoms with Gasteiger partial charge in [-0.25, -0.2) is 4.39 Å². The van der Waals surface area contributed by atoms with E-state index in [1.807, 2.05) is 30.3 Å². The third-order valence-corrected chi connectivity index (χ3v) is 5.46. The van der Waals surface area contributed by atoms with Gasteiger partial charge in [-0.2, -0.15) is 0 Å². The van der Waals surface area contributed by atoms with Gasteiger partial charge in [-0.1, -0.05) is 18.2 Å². The van der Waals surface area contributed by atoms with Crippen molar-refractivity contribution in [2.45, 2.75) is 6.61 Å². The molecule has 7 nitrogen and oxygen atoms in total. The van der Waals surface area contributed by atoms with E-state index >= 15 is 0 Å². The number of rotatable bonds is 4. The Morgan fingerprint density at radius 3 is 2.53 bits per heavy atom. The lowest BCUT2D eigenvalue weighted by Gasteiger charge is -2.29. The van der Waals surface area contributed by atoms with Crippen LogP contribution >= 0.6 is 12.2 Å². The summed E-state index contributed by atoms with van der Waals surface area (Å²) in [6.45, 7) is 0.152. The van der Waals surface area contributed by atoms with Gasteiger partial charge in [0.05, 0.1) is 12.3 Å². The van der Waals surface area contributed by atoms with E-state index in [1.165, 1.54) is 23.1 Å². The van der Waals surface area contributed by atoms with Gasteiger partial charge in [0.1, 0.15) is 28.6 Å². The number of fused-ring (bicyclic) bond motifs is 1. The summed E-state index contributed by atoms with van der Waals surface area (Å²) in [7, 11) is 0. The molecule has 170 valence electrons. The fraction of sp³-hybridized carbons (Fsp3) is 0.0800. The van der Waals surface area contributed by atoms with E-state index in [4.69, 9.17) is 26.4 Å². The Hall–Kier alpha value is -4.08. The van der Waals surface area contributed by atoms with Crippen LogP contribution in [0.1, 0.15) is 11.1 Å². The van der Waals surface area contributed by atoms with Crippen LogP contribution in [0.15, 0.2) is 72.3 Å². The molecule has 2 amide bonds. The minimum absolute atomic E-state index is 0.0113. The molecule has 5 rings (SSSR count). The average Bonchev–Trinajstić information content (AvgIpc) is 2.83. The Morgan fingerprint density at radius 1 is 1.03 bits per heavy atom. The minimum Gasteiger partial charge on any atom is -0.467 e. The minimum atomic E-state index is -0.680. The summed E-state index contributed by atoms with van der Waals surface area (Å²) >= 11 is 5.25. The first-order valence-corrected chi connectivity index (χ1v) is 10.7. The molecular formula is C25H17FN2O5S.